The molecule has 6 saturated carbocycles. The van der Waals surface area contributed by atoms with Gasteiger partial charge in [-0.15, -0.1) is 0 Å². The lowest BCUT2D eigenvalue weighted by atomic mass is 9.62. The van der Waals surface area contributed by atoms with Crippen LogP contribution in [0.25, 0.3) is 0 Å². The first-order chi connectivity index (χ1) is 16.0. The van der Waals surface area contributed by atoms with E-state index in [9.17, 15) is 0 Å². The molecule has 12 atom stereocenters. The van der Waals surface area contributed by atoms with Gasteiger partial charge < -0.3 is 0 Å². The first-order valence-electron chi connectivity index (χ1n) is 16.0. The molecule has 0 aromatic heterocycles. The average Bonchev–Trinajstić information content (AvgIpc) is 3.54. The third-order valence-electron chi connectivity index (χ3n) is 13.8. The van der Waals surface area contributed by atoms with Crippen molar-refractivity contribution in [1.82, 2.24) is 0 Å². The third-order valence-corrected chi connectivity index (χ3v) is 19.0. The van der Waals surface area contributed by atoms with Crippen molar-refractivity contribution in [1.29, 1.82) is 0 Å². The zero-order chi connectivity index (χ0) is 22.7. The predicted molar refractivity (Wildman–Crippen MR) is 145 cm³/mol. The van der Waals surface area contributed by atoms with E-state index in [1.54, 1.807) is 89.9 Å². The molecule has 0 saturated heterocycles. The van der Waals surface area contributed by atoms with Gasteiger partial charge in [0.15, 0.2) is 0 Å². The van der Waals surface area contributed by atoms with Gasteiger partial charge in [-0.25, -0.2) is 0 Å². The molecular weight excluding hydrogens is 412 g/mol. The molecule has 0 radical (unpaired) electrons. The molecule has 0 nitrogen and oxygen atoms in total. The second-order valence-electron chi connectivity index (χ2n) is 15.1. The van der Waals surface area contributed by atoms with Gasteiger partial charge in [0, 0.05) is 0 Å². The second kappa shape index (κ2) is 9.26. The Labute approximate surface area is 207 Å². The molecule has 12 unspecified atom stereocenters. The maximum atomic E-state index is 2.95. The Hall–Kier alpha value is 0.217. The van der Waals surface area contributed by atoms with E-state index in [2.05, 4.69) is 26.9 Å². The summed E-state index contributed by atoms with van der Waals surface area (Å²) in [5, 5.41) is 0. The zero-order valence-corrected chi connectivity index (χ0v) is 23.7. The number of rotatable bonds is 5. The minimum absolute atomic E-state index is 0.990. The van der Waals surface area contributed by atoms with Gasteiger partial charge in [-0.05, 0) is 115 Å². The summed E-state index contributed by atoms with van der Waals surface area (Å²) in [7, 11) is -1.26. The Morgan fingerprint density at radius 2 is 1.30 bits per heavy atom. The van der Waals surface area contributed by atoms with E-state index in [1.807, 2.05) is 0 Å². The van der Waals surface area contributed by atoms with Gasteiger partial charge >= 0.3 is 0 Å². The minimum Gasteiger partial charge on any atom is -0.0689 e. The van der Waals surface area contributed by atoms with Crippen LogP contribution in [0.3, 0.4) is 0 Å². The molecule has 0 bridgehead atoms. The maximum Gasteiger partial charge on any atom is 0.0541 e. The molecule has 0 aliphatic heterocycles. The first-order valence-corrected chi connectivity index (χ1v) is 19.1. The highest BCUT2D eigenvalue weighted by Gasteiger charge is 2.59. The van der Waals surface area contributed by atoms with Crippen LogP contribution in [-0.2, 0) is 0 Å². The summed E-state index contributed by atoms with van der Waals surface area (Å²) in [4.78, 5) is 0. The molecule has 0 N–H and O–H groups in total. The second-order valence-corrected chi connectivity index (χ2v) is 20.3. The van der Waals surface area contributed by atoms with Crippen LogP contribution in [-0.4, -0.2) is 8.07 Å². The van der Waals surface area contributed by atoms with E-state index in [4.69, 9.17) is 0 Å². The molecule has 188 valence electrons. The van der Waals surface area contributed by atoms with Crippen molar-refractivity contribution in [3.8, 4) is 0 Å². The molecule has 6 rings (SSSR count). The van der Waals surface area contributed by atoms with Crippen LogP contribution >= 0.6 is 0 Å². The van der Waals surface area contributed by atoms with Crippen molar-refractivity contribution in [2.24, 2.45) is 59.2 Å². The molecule has 6 aliphatic rings. The molecular formula is C32H56Si. The summed E-state index contributed by atoms with van der Waals surface area (Å²) in [5.74, 6) is 11.2. The quantitative estimate of drug-likeness (QED) is 0.352. The summed E-state index contributed by atoms with van der Waals surface area (Å²) in [5.41, 5.74) is 2.35. The van der Waals surface area contributed by atoms with Crippen molar-refractivity contribution < 1.29 is 0 Å². The van der Waals surface area contributed by atoms with E-state index < -0.39 is 8.07 Å². The minimum atomic E-state index is -1.26. The lowest BCUT2D eigenvalue weighted by Crippen LogP contribution is -2.45. The summed E-state index contributed by atoms with van der Waals surface area (Å²) in [6.07, 6.45) is 25.4. The van der Waals surface area contributed by atoms with Gasteiger partial charge in [0.1, 0.15) is 0 Å². The molecule has 1 heteroatoms. The predicted octanol–water partition coefficient (Wildman–Crippen LogP) is 9.96. The summed E-state index contributed by atoms with van der Waals surface area (Å²) in [6, 6.07) is 0. The van der Waals surface area contributed by atoms with Crippen molar-refractivity contribution in [2.75, 3.05) is 0 Å². The Bertz CT molecular complexity index is 682. The van der Waals surface area contributed by atoms with Gasteiger partial charge in [0.25, 0.3) is 0 Å². The van der Waals surface area contributed by atoms with Crippen molar-refractivity contribution in [2.45, 2.75) is 141 Å². The van der Waals surface area contributed by atoms with E-state index >= 15 is 0 Å². The van der Waals surface area contributed by atoms with Crippen molar-refractivity contribution in [3.05, 3.63) is 0 Å². The van der Waals surface area contributed by atoms with E-state index in [-0.39, 0.29) is 0 Å². The van der Waals surface area contributed by atoms with Crippen LogP contribution in [0.4, 0.5) is 0 Å². The molecule has 0 amide bonds. The van der Waals surface area contributed by atoms with Crippen LogP contribution in [0, 0.1) is 59.2 Å². The summed E-state index contributed by atoms with van der Waals surface area (Å²) >= 11 is 0. The Balaban J connectivity index is 1.24. The third kappa shape index (κ3) is 3.96. The highest BCUT2D eigenvalue weighted by Crippen LogP contribution is 2.67. The topological polar surface area (TPSA) is 0 Å². The Morgan fingerprint density at radius 3 is 2.09 bits per heavy atom. The fourth-order valence-corrected chi connectivity index (χ4v) is 17.7. The standard InChI is InChI=1S/C32H56Si/c1-5-9-21(2)28-20-32(30-19-24-12-8-11-23(24)18-29(28)30)33(3,4)31-17-16-26-25-13-7-6-10-22(25)14-15-27(26)31/h21-32H,5-20H2,1-4H3. The first kappa shape index (κ1) is 23.6. The SMILES string of the molecule is CCCC(C)C1CC([Si](C)(C)C2CCC3C4CCCCC4CCC32)C2CC3CCCC3CC12. The highest BCUT2D eigenvalue weighted by molar-refractivity contribution is 6.80. The molecule has 6 fully saturated rings. The van der Waals surface area contributed by atoms with Crippen molar-refractivity contribution >= 4 is 8.07 Å². The summed E-state index contributed by atoms with van der Waals surface area (Å²) < 4.78 is 0. The summed E-state index contributed by atoms with van der Waals surface area (Å²) in [6.45, 7) is 11.0. The van der Waals surface area contributed by atoms with Crippen LogP contribution in [0.2, 0.25) is 24.2 Å². The molecule has 33 heavy (non-hydrogen) atoms. The number of hydrogen-bond donors (Lipinski definition) is 0. The smallest absolute Gasteiger partial charge is 0.0541 e. The lowest BCUT2D eigenvalue weighted by molar-refractivity contribution is 0.0719. The fraction of sp³-hybridized carbons (Fsp3) is 1.00. The van der Waals surface area contributed by atoms with E-state index in [1.165, 1.54) is 23.9 Å². The fourth-order valence-electron chi connectivity index (χ4n) is 12.4. The zero-order valence-electron chi connectivity index (χ0n) is 22.7. The maximum absolute atomic E-state index is 2.95. The molecule has 0 heterocycles. The highest BCUT2D eigenvalue weighted by atomic mass is 28.3. The van der Waals surface area contributed by atoms with Crippen LogP contribution in [0.15, 0.2) is 0 Å². The number of hydrogen-bond acceptors (Lipinski definition) is 0. The van der Waals surface area contributed by atoms with Gasteiger partial charge in [-0.3, -0.25) is 0 Å². The number of fused-ring (bicyclic) bond motifs is 5. The van der Waals surface area contributed by atoms with E-state index in [0.29, 0.717) is 0 Å². The van der Waals surface area contributed by atoms with Gasteiger partial charge in [-0.1, -0.05) is 84.7 Å². The Kier molecular flexibility index (Phi) is 6.63. The van der Waals surface area contributed by atoms with Gasteiger partial charge in [0.2, 0.25) is 0 Å². The average molecular weight is 469 g/mol. The lowest BCUT2D eigenvalue weighted by Gasteiger charge is -2.49. The molecule has 6 aliphatic carbocycles. The van der Waals surface area contributed by atoms with Crippen LogP contribution in [0.1, 0.15) is 117 Å². The largest absolute Gasteiger partial charge is 0.0689 e. The van der Waals surface area contributed by atoms with Gasteiger partial charge in [0.05, 0.1) is 8.07 Å². The molecule has 0 spiro atoms. The van der Waals surface area contributed by atoms with Gasteiger partial charge in [-0.2, -0.15) is 0 Å². The molecule has 0 aromatic carbocycles. The van der Waals surface area contributed by atoms with Crippen LogP contribution in [0.5, 0.6) is 0 Å². The monoisotopic (exact) mass is 468 g/mol. The molecule has 0 aromatic rings. The van der Waals surface area contributed by atoms with E-state index in [0.717, 1.165) is 59.2 Å². The Morgan fingerprint density at radius 1 is 0.606 bits per heavy atom. The van der Waals surface area contributed by atoms with Crippen LogP contribution < -0.4 is 0 Å². The normalized spacial score (nSPS) is 50.4. The van der Waals surface area contributed by atoms with Crippen molar-refractivity contribution in [3.63, 3.8) is 0 Å².